The molecule has 0 bridgehead atoms. The first-order valence-corrected chi connectivity index (χ1v) is 6.23. The third-order valence-electron chi connectivity index (χ3n) is 3.52. The van der Waals surface area contributed by atoms with Crippen molar-refractivity contribution in [1.82, 2.24) is 0 Å². The lowest BCUT2D eigenvalue weighted by atomic mass is 9.86. The van der Waals surface area contributed by atoms with E-state index in [0.29, 0.717) is 19.4 Å². The van der Waals surface area contributed by atoms with Crippen molar-refractivity contribution in [2.24, 2.45) is 11.7 Å². The summed E-state index contributed by atoms with van der Waals surface area (Å²) in [6, 6.07) is 0. The molecule has 0 aliphatic heterocycles. The number of unbranched alkanes of at least 4 members (excludes halogenated alkanes) is 1. The van der Waals surface area contributed by atoms with Crippen molar-refractivity contribution in [1.29, 1.82) is 0 Å². The molecule has 0 radical (unpaired) electrons. The van der Waals surface area contributed by atoms with Crippen LogP contribution in [0.15, 0.2) is 0 Å². The van der Waals surface area contributed by atoms with Gasteiger partial charge in [0.25, 0.3) is 0 Å². The zero-order valence-electron chi connectivity index (χ0n) is 9.82. The lowest BCUT2D eigenvalue weighted by molar-refractivity contribution is -0.144. The number of carboxylic acids is 1. The van der Waals surface area contributed by atoms with Gasteiger partial charge in [-0.25, -0.2) is 0 Å². The summed E-state index contributed by atoms with van der Waals surface area (Å²) < 4.78 is 0. The van der Waals surface area contributed by atoms with Gasteiger partial charge in [0.15, 0.2) is 0 Å². The summed E-state index contributed by atoms with van der Waals surface area (Å²) in [5, 5.41) is 19.3. The Hall–Kier alpha value is -0.610. The average Bonchev–Trinajstić information content (AvgIpc) is 2.64. The van der Waals surface area contributed by atoms with Gasteiger partial charge >= 0.3 is 5.97 Å². The molecule has 0 aromatic carbocycles. The van der Waals surface area contributed by atoms with Crippen molar-refractivity contribution >= 4 is 5.97 Å². The molecule has 1 atom stereocenters. The van der Waals surface area contributed by atoms with Crippen molar-refractivity contribution in [2.75, 3.05) is 6.54 Å². The monoisotopic (exact) mass is 229 g/mol. The Labute approximate surface area is 96.8 Å². The van der Waals surface area contributed by atoms with E-state index in [1.165, 1.54) is 0 Å². The summed E-state index contributed by atoms with van der Waals surface area (Å²) in [6.07, 6.45) is 6.30. The number of hydrogen-bond donors (Lipinski definition) is 3. The van der Waals surface area contributed by atoms with Gasteiger partial charge in [-0.2, -0.15) is 0 Å². The molecule has 0 aromatic heterocycles. The molecule has 16 heavy (non-hydrogen) atoms. The number of nitrogens with two attached hydrogens (primary N) is 1. The number of hydrogen-bond acceptors (Lipinski definition) is 3. The molecule has 0 aromatic rings. The van der Waals surface area contributed by atoms with Gasteiger partial charge in [-0.3, -0.25) is 4.79 Å². The fraction of sp³-hybridized carbons (Fsp3) is 0.917. The van der Waals surface area contributed by atoms with Crippen LogP contribution in [0.5, 0.6) is 0 Å². The molecule has 0 heterocycles. The Morgan fingerprint density at radius 1 is 1.31 bits per heavy atom. The topological polar surface area (TPSA) is 83.5 Å². The summed E-state index contributed by atoms with van der Waals surface area (Å²) in [6.45, 7) is 0.608. The lowest BCUT2D eigenvalue weighted by Gasteiger charge is -2.25. The summed E-state index contributed by atoms with van der Waals surface area (Å²) in [5.74, 6) is -1.19. The lowest BCUT2D eigenvalue weighted by Crippen LogP contribution is -2.31. The fourth-order valence-electron chi connectivity index (χ4n) is 2.54. The summed E-state index contributed by atoms with van der Waals surface area (Å²) in [5.41, 5.74) is 4.67. The standard InChI is InChI=1S/C12H23NO3/c13-8-4-1-5-10(11(14)15)9-12(16)6-2-3-7-12/h10,16H,1-9,13H2,(H,14,15). The third-order valence-corrected chi connectivity index (χ3v) is 3.52. The van der Waals surface area contributed by atoms with Crippen LogP contribution in [0, 0.1) is 5.92 Å². The fourth-order valence-corrected chi connectivity index (χ4v) is 2.54. The zero-order chi connectivity index (χ0) is 12.0. The Morgan fingerprint density at radius 3 is 2.44 bits per heavy atom. The quantitative estimate of drug-likeness (QED) is 0.578. The molecular weight excluding hydrogens is 206 g/mol. The highest BCUT2D eigenvalue weighted by Gasteiger charge is 2.35. The minimum absolute atomic E-state index is 0.408. The van der Waals surface area contributed by atoms with E-state index in [4.69, 9.17) is 10.8 Å². The van der Waals surface area contributed by atoms with E-state index < -0.39 is 17.5 Å². The minimum Gasteiger partial charge on any atom is -0.481 e. The molecule has 1 unspecified atom stereocenters. The average molecular weight is 229 g/mol. The van der Waals surface area contributed by atoms with Crippen molar-refractivity contribution in [3.8, 4) is 0 Å². The molecule has 4 N–H and O–H groups in total. The maximum absolute atomic E-state index is 11.1. The molecular formula is C12H23NO3. The molecule has 0 spiro atoms. The highest BCUT2D eigenvalue weighted by Crippen LogP contribution is 2.36. The van der Waals surface area contributed by atoms with E-state index in [9.17, 15) is 9.90 Å². The minimum atomic E-state index is -0.780. The third kappa shape index (κ3) is 4.10. The van der Waals surface area contributed by atoms with Gasteiger partial charge in [-0.05, 0) is 38.6 Å². The molecule has 1 fully saturated rings. The van der Waals surface area contributed by atoms with E-state index in [-0.39, 0.29) is 0 Å². The number of aliphatic hydroxyl groups is 1. The molecule has 1 aliphatic carbocycles. The van der Waals surface area contributed by atoms with Crippen LogP contribution in [0.3, 0.4) is 0 Å². The second-order valence-corrected chi connectivity index (χ2v) is 4.96. The molecule has 0 amide bonds. The van der Waals surface area contributed by atoms with E-state index in [1.807, 2.05) is 0 Å². The van der Waals surface area contributed by atoms with E-state index in [1.54, 1.807) is 0 Å². The first-order valence-electron chi connectivity index (χ1n) is 6.23. The van der Waals surface area contributed by atoms with E-state index in [0.717, 1.165) is 38.5 Å². The molecule has 94 valence electrons. The predicted molar refractivity (Wildman–Crippen MR) is 62.1 cm³/mol. The zero-order valence-corrected chi connectivity index (χ0v) is 9.82. The summed E-state index contributed by atoms with van der Waals surface area (Å²) >= 11 is 0. The van der Waals surface area contributed by atoms with Crippen LogP contribution in [-0.4, -0.2) is 28.3 Å². The maximum Gasteiger partial charge on any atom is 0.306 e. The van der Waals surface area contributed by atoms with Crippen LogP contribution >= 0.6 is 0 Å². The summed E-state index contributed by atoms with van der Waals surface area (Å²) in [4.78, 5) is 11.1. The smallest absolute Gasteiger partial charge is 0.306 e. The van der Waals surface area contributed by atoms with Crippen LogP contribution < -0.4 is 5.73 Å². The molecule has 1 aliphatic rings. The maximum atomic E-state index is 11.1. The highest BCUT2D eigenvalue weighted by atomic mass is 16.4. The number of rotatable bonds is 7. The van der Waals surface area contributed by atoms with E-state index >= 15 is 0 Å². The van der Waals surface area contributed by atoms with Crippen LogP contribution in [0.25, 0.3) is 0 Å². The number of aliphatic carboxylic acids is 1. The van der Waals surface area contributed by atoms with Gasteiger partial charge in [0.2, 0.25) is 0 Å². The van der Waals surface area contributed by atoms with Gasteiger partial charge in [-0.1, -0.05) is 19.3 Å². The first kappa shape index (κ1) is 13.5. The van der Waals surface area contributed by atoms with Crippen molar-refractivity contribution in [2.45, 2.75) is 57.0 Å². The summed E-state index contributed by atoms with van der Waals surface area (Å²) in [7, 11) is 0. The Bertz CT molecular complexity index is 224. The van der Waals surface area contributed by atoms with Gasteiger partial charge in [0.05, 0.1) is 11.5 Å². The first-order chi connectivity index (χ1) is 7.57. The van der Waals surface area contributed by atoms with Gasteiger partial charge in [0, 0.05) is 0 Å². The molecule has 0 saturated heterocycles. The SMILES string of the molecule is NCCCCC(CC1(O)CCCC1)C(=O)O. The van der Waals surface area contributed by atoms with E-state index in [2.05, 4.69) is 0 Å². The van der Waals surface area contributed by atoms with Crippen LogP contribution in [-0.2, 0) is 4.79 Å². The van der Waals surface area contributed by atoms with Gasteiger partial charge in [-0.15, -0.1) is 0 Å². The highest BCUT2D eigenvalue weighted by molar-refractivity contribution is 5.70. The molecule has 1 rings (SSSR count). The Morgan fingerprint density at radius 2 is 1.94 bits per heavy atom. The largest absolute Gasteiger partial charge is 0.481 e. The van der Waals surface area contributed by atoms with Crippen molar-refractivity contribution in [3.05, 3.63) is 0 Å². The van der Waals surface area contributed by atoms with Crippen molar-refractivity contribution < 1.29 is 15.0 Å². The normalized spacial score (nSPS) is 20.9. The second-order valence-electron chi connectivity index (χ2n) is 4.96. The molecule has 4 nitrogen and oxygen atoms in total. The van der Waals surface area contributed by atoms with Crippen LogP contribution in [0.2, 0.25) is 0 Å². The second kappa shape index (κ2) is 6.21. The Balaban J connectivity index is 2.40. The molecule has 1 saturated carbocycles. The van der Waals surface area contributed by atoms with Crippen LogP contribution in [0.4, 0.5) is 0 Å². The molecule has 4 heteroatoms. The van der Waals surface area contributed by atoms with Gasteiger partial charge in [0.1, 0.15) is 0 Å². The number of carbonyl (C=O) groups is 1. The van der Waals surface area contributed by atoms with Gasteiger partial charge < -0.3 is 15.9 Å². The number of carboxylic acid groups (broad SMARTS) is 1. The van der Waals surface area contributed by atoms with Crippen LogP contribution in [0.1, 0.15) is 51.4 Å². The van der Waals surface area contributed by atoms with Crippen molar-refractivity contribution in [3.63, 3.8) is 0 Å². The predicted octanol–water partition coefficient (Wildman–Crippen LogP) is 1.51. The Kier molecular flexibility index (Phi) is 5.22.